The van der Waals surface area contributed by atoms with E-state index < -0.39 is 0 Å². The van der Waals surface area contributed by atoms with Gasteiger partial charge >= 0.3 is 0 Å². The molecule has 1 heterocycles. The summed E-state index contributed by atoms with van der Waals surface area (Å²) in [5, 5.41) is 3.43. The molecule has 12 heavy (non-hydrogen) atoms. The minimum atomic E-state index is 0.506. The third-order valence-electron chi connectivity index (χ3n) is 2.26. The highest BCUT2D eigenvalue weighted by molar-refractivity contribution is 5.23. The van der Waals surface area contributed by atoms with Gasteiger partial charge in [0.2, 0.25) is 0 Å². The Morgan fingerprint density at radius 1 is 1.25 bits per heavy atom. The Balaban J connectivity index is 2.14. The second-order valence-electron chi connectivity index (χ2n) is 3.23. The van der Waals surface area contributed by atoms with Gasteiger partial charge in [-0.05, 0) is 18.9 Å². The molecule has 1 aliphatic heterocycles. The predicted octanol–water partition coefficient (Wildman–Crippen LogP) is 2.62. The van der Waals surface area contributed by atoms with E-state index in [0.717, 1.165) is 6.42 Å². The number of rotatable bonds is 1. The Morgan fingerprint density at radius 3 is 2.58 bits per heavy atom. The lowest BCUT2D eigenvalue weighted by atomic mass is 10.1. The predicted molar refractivity (Wildman–Crippen MR) is 50.7 cm³/mol. The average Bonchev–Trinajstić information content (AvgIpc) is 2.54. The first-order valence-corrected chi connectivity index (χ1v) is 4.34. The molecule has 1 nitrogen and oxygen atoms in total. The molecule has 1 atom stereocenters. The number of allylic oxidation sites excluding steroid dienone is 1. The van der Waals surface area contributed by atoms with Crippen LogP contribution in [-0.4, -0.2) is 0 Å². The summed E-state index contributed by atoms with van der Waals surface area (Å²) < 4.78 is 0. The van der Waals surface area contributed by atoms with Crippen LogP contribution in [0.3, 0.4) is 0 Å². The van der Waals surface area contributed by atoms with Gasteiger partial charge in [0.1, 0.15) is 0 Å². The molecule has 1 heteroatoms. The van der Waals surface area contributed by atoms with E-state index in [-0.39, 0.29) is 0 Å². The Bertz CT molecular complexity index is 287. The minimum Gasteiger partial charge on any atom is -0.382 e. The number of benzene rings is 1. The van der Waals surface area contributed by atoms with E-state index in [1.807, 2.05) is 0 Å². The molecule has 0 saturated heterocycles. The third kappa shape index (κ3) is 1.35. The first kappa shape index (κ1) is 7.41. The van der Waals surface area contributed by atoms with E-state index in [2.05, 4.69) is 48.6 Å². The highest BCUT2D eigenvalue weighted by Crippen LogP contribution is 2.23. The fourth-order valence-electron chi connectivity index (χ4n) is 1.59. The molecular formula is C11H13N. The Morgan fingerprint density at radius 2 is 2.00 bits per heavy atom. The average molecular weight is 159 g/mol. The summed E-state index contributed by atoms with van der Waals surface area (Å²) in [5.41, 5.74) is 2.68. The van der Waals surface area contributed by atoms with Gasteiger partial charge in [-0.25, -0.2) is 0 Å². The van der Waals surface area contributed by atoms with Crippen molar-refractivity contribution in [2.24, 2.45) is 0 Å². The second kappa shape index (κ2) is 3.02. The number of nitrogens with one attached hydrogen (secondary N) is 1. The molecule has 1 N–H and O–H groups in total. The first-order chi connectivity index (χ1) is 5.86. The highest BCUT2D eigenvalue weighted by Gasteiger charge is 2.13. The van der Waals surface area contributed by atoms with Gasteiger partial charge in [0, 0.05) is 5.70 Å². The molecule has 1 aromatic carbocycles. The molecule has 0 saturated carbocycles. The van der Waals surface area contributed by atoms with Crippen LogP contribution in [0.1, 0.15) is 24.9 Å². The van der Waals surface area contributed by atoms with Crippen LogP contribution >= 0.6 is 0 Å². The monoisotopic (exact) mass is 159 g/mol. The van der Waals surface area contributed by atoms with Crippen molar-refractivity contribution in [1.29, 1.82) is 0 Å². The van der Waals surface area contributed by atoms with Crippen LogP contribution in [0.2, 0.25) is 0 Å². The largest absolute Gasteiger partial charge is 0.382 e. The van der Waals surface area contributed by atoms with E-state index in [4.69, 9.17) is 0 Å². The van der Waals surface area contributed by atoms with Crippen molar-refractivity contribution in [3.05, 3.63) is 47.7 Å². The zero-order valence-electron chi connectivity index (χ0n) is 7.25. The van der Waals surface area contributed by atoms with Gasteiger partial charge < -0.3 is 5.32 Å². The van der Waals surface area contributed by atoms with Gasteiger partial charge in [-0.3, -0.25) is 0 Å². The van der Waals surface area contributed by atoms with Crippen molar-refractivity contribution in [3.8, 4) is 0 Å². The maximum atomic E-state index is 3.43. The molecule has 2 rings (SSSR count). The number of hydrogen-bond donors (Lipinski definition) is 1. The van der Waals surface area contributed by atoms with Crippen molar-refractivity contribution < 1.29 is 0 Å². The molecule has 1 aliphatic rings. The van der Waals surface area contributed by atoms with Crippen LogP contribution in [0.25, 0.3) is 0 Å². The van der Waals surface area contributed by atoms with E-state index in [9.17, 15) is 0 Å². The smallest absolute Gasteiger partial charge is 0.0545 e. The lowest BCUT2D eigenvalue weighted by Crippen LogP contribution is -2.12. The van der Waals surface area contributed by atoms with Gasteiger partial charge in [-0.15, -0.1) is 0 Å². The van der Waals surface area contributed by atoms with Gasteiger partial charge in [-0.1, -0.05) is 36.4 Å². The summed E-state index contributed by atoms with van der Waals surface area (Å²) in [6.07, 6.45) is 3.37. The van der Waals surface area contributed by atoms with Crippen molar-refractivity contribution in [3.63, 3.8) is 0 Å². The Hall–Kier alpha value is -1.24. The fourth-order valence-corrected chi connectivity index (χ4v) is 1.59. The van der Waals surface area contributed by atoms with Gasteiger partial charge in [-0.2, -0.15) is 0 Å². The van der Waals surface area contributed by atoms with E-state index >= 15 is 0 Å². The highest BCUT2D eigenvalue weighted by atomic mass is 14.9. The fraction of sp³-hybridized carbons (Fsp3) is 0.273. The maximum Gasteiger partial charge on any atom is 0.0545 e. The third-order valence-corrected chi connectivity index (χ3v) is 2.26. The van der Waals surface area contributed by atoms with Crippen molar-refractivity contribution in [1.82, 2.24) is 5.32 Å². The molecule has 0 radical (unpaired) electrons. The lowest BCUT2D eigenvalue weighted by Gasteiger charge is -2.12. The molecule has 0 spiro atoms. The van der Waals surface area contributed by atoms with Crippen molar-refractivity contribution in [2.75, 3.05) is 0 Å². The van der Waals surface area contributed by atoms with Crippen LogP contribution < -0.4 is 5.32 Å². The van der Waals surface area contributed by atoms with Gasteiger partial charge in [0.25, 0.3) is 0 Å². The first-order valence-electron chi connectivity index (χ1n) is 4.34. The molecule has 1 aromatic rings. The molecule has 0 bridgehead atoms. The summed E-state index contributed by atoms with van der Waals surface area (Å²) in [6.45, 7) is 2.11. The summed E-state index contributed by atoms with van der Waals surface area (Å²) in [4.78, 5) is 0. The SMILES string of the molecule is CC1=CCC(c2ccccc2)N1. The molecular weight excluding hydrogens is 146 g/mol. The van der Waals surface area contributed by atoms with E-state index in [1.54, 1.807) is 0 Å². The quantitative estimate of drug-likeness (QED) is 0.664. The Labute approximate surface area is 73.1 Å². The summed E-state index contributed by atoms with van der Waals surface area (Å²) in [6, 6.07) is 11.1. The zero-order valence-corrected chi connectivity index (χ0v) is 7.25. The molecule has 0 aromatic heterocycles. The van der Waals surface area contributed by atoms with Crippen LogP contribution in [0.15, 0.2) is 42.1 Å². The van der Waals surface area contributed by atoms with E-state index in [1.165, 1.54) is 11.3 Å². The molecule has 0 aliphatic carbocycles. The van der Waals surface area contributed by atoms with Gasteiger partial charge in [0.05, 0.1) is 6.04 Å². The minimum absolute atomic E-state index is 0.506. The molecule has 62 valence electrons. The maximum absolute atomic E-state index is 3.43. The van der Waals surface area contributed by atoms with Crippen molar-refractivity contribution in [2.45, 2.75) is 19.4 Å². The summed E-state index contributed by atoms with van der Waals surface area (Å²) in [7, 11) is 0. The summed E-state index contributed by atoms with van der Waals surface area (Å²) in [5.74, 6) is 0. The summed E-state index contributed by atoms with van der Waals surface area (Å²) >= 11 is 0. The second-order valence-corrected chi connectivity index (χ2v) is 3.23. The van der Waals surface area contributed by atoms with E-state index in [0.29, 0.717) is 6.04 Å². The zero-order chi connectivity index (χ0) is 8.39. The number of hydrogen-bond acceptors (Lipinski definition) is 1. The molecule has 1 unspecified atom stereocenters. The lowest BCUT2D eigenvalue weighted by molar-refractivity contribution is 0.655. The normalized spacial score (nSPS) is 21.8. The topological polar surface area (TPSA) is 12.0 Å². The van der Waals surface area contributed by atoms with Crippen molar-refractivity contribution >= 4 is 0 Å². The standard InChI is InChI=1S/C11H13N/c1-9-7-8-11(12-9)10-5-3-2-4-6-10/h2-7,11-12H,8H2,1H3. The van der Waals surface area contributed by atoms with Crippen LogP contribution in [0.4, 0.5) is 0 Å². The molecule has 0 fully saturated rings. The molecule has 0 amide bonds. The van der Waals surface area contributed by atoms with Gasteiger partial charge in [0.15, 0.2) is 0 Å². The van der Waals surface area contributed by atoms with Crippen LogP contribution in [-0.2, 0) is 0 Å². The van der Waals surface area contributed by atoms with Crippen LogP contribution in [0, 0.1) is 0 Å². The van der Waals surface area contributed by atoms with Crippen LogP contribution in [0.5, 0.6) is 0 Å². The Kier molecular flexibility index (Phi) is 1.86.